The Morgan fingerprint density at radius 3 is 2.58 bits per heavy atom. The standard InChI is InChI=1S/C19H25NO2S2/c1-15-7-8-16(2)17(12-15)13-24(21,22)20-14-19(9-3-4-10-19)18-6-5-11-23-18/h5-8,11-12,20H,3-4,9-10,13-14H2,1-2H3. The third-order valence-corrected chi connectivity index (χ3v) is 7.48. The van der Waals surface area contributed by atoms with E-state index in [9.17, 15) is 8.42 Å². The van der Waals surface area contributed by atoms with E-state index in [0.29, 0.717) is 6.54 Å². The van der Waals surface area contributed by atoms with Gasteiger partial charge in [-0.15, -0.1) is 11.3 Å². The normalized spacial score (nSPS) is 17.2. The molecule has 1 heterocycles. The van der Waals surface area contributed by atoms with E-state index in [2.05, 4.69) is 22.2 Å². The molecule has 1 fully saturated rings. The minimum atomic E-state index is -3.34. The van der Waals surface area contributed by atoms with Crippen LogP contribution in [0, 0.1) is 13.8 Å². The lowest BCUT2D eigenvalue weighted by Gasteiger charge is -2.28. The Morgan fingerprint density at radius 1 is 1.17 bits per heavy atom. The van der Waals surface area contributed by atoms with E-state index < -0.39 is 10.0 Å². The van der Waals surface area contributed by atoms with Crippen molar-refractivity contribution in [1.29, 1.82) is 0 Å². The number of rotatable bonds is 6. The predicted molar refractivity (Wildman–Crippen MR) is 101 cm³/mol. The second-order valence-corrected chi connectivity index (χ2v) is 9.73. The average molecular weight is 364 g/mol. The van der Waals surface area contributed by atoms with Gasteiger partial charge < -0.3 is 0 Å². The minimum Gasteiger partial charge on any atom is -0.214 e. The summed E-state index contributed by atoms with van der Waals surface area (Å²) in [6.07, 6.45) is 4.49. The molecule has 0 saturated heterocycles. The molecule has 0 spiro atoms. The molecule has 3 rings (SSSR count). The summed E-state index contributed by atoms with van der Waals surface area (Å²) in [4.78, 5) is 1.31. The molecule has 0 amide bonds. The molecule has 0 unspecified atom stereocenters. The smallest absolute Gasteiger partial charge is 0.214 e. The molecule has 0 radical (unpaired) electrons. The van der Waals surface area contributed by atoms with Crippen molar-refractivity contribution in [3.8, 4) is 0 Å². The first-order valence-corrected chi connectivity index (χ1v) is 11.0. The molecule has 0 bridgehead atoms. The van der Waals surface area contributed by atoms with Crippen LogP contribution in [-0.2, 0) is 21.2 Å². The van der Waals surface area contributed by atoms with E-state index in [1.54, 1.807) is 11.3 Å². The van der Waals surface area contributed by atoms with Crippen molar-refractivity contribution in [2.75, 3.05) is 6.54 Å². The molecular formula is C19H25NO2S2. The number of aryl methyl sites for hydroxylation is 2. The molecule has 2 aromatic rings. The molecular weight excluding hydrogens is 338 g/mol. The lowest BCUT2D eigenvalue weighted by Crippen LogP contribution is -2.39. The highest BCUT2D eigenvalue weighted by Crippen LogP contribution is 2.42. The number of nitrogens with one attached hydrogen (secondary N) is 1. The van der Waals surface area contributed by atoms with Gasteiger partial charge in [-0.05, 0) is 49.3 Å². The number of hydrogen-bond acceptors (Lipinski definition) is 3. The Labute approximate surface area is 149 Å². The van der Waals surface area contributed by atoms with Gasteiger partial charge in [-0.3, -0.25) is 0 Å². The maximum absolute atomic E-state index is 12.6. The van der Waals surface area contributed by atoms with E-state index >= 15 is 0 Å². The zero-order chi connectivity index (χ0) is 17.2. The molecule has 0 aliphatic heterocycles. The highest BCUT2D eigenvalue weighted by atomic mass is 32.2. The Bertz CT molecular complexity index is 789. The highest BCUT2D eigenvalue weighted by Gasteiger charge is 2.37. The fourth-order valence-electron chi connectivity index (χ4n) is 3.60. The van der Waals surface area contributed by atoms with E-state index in [0.717, 1.165) is 29.5 Å². The zero-order valence-corrected chi connectivity index (χ0v) is 16.0. The van der Waals surface area contributed by atoms with Crippen molar-refractivity contribution in [1.82, 2.24) is 4.72 Å². The van der Waals surface area contributed by atoms with Crippen molar-refractivity contribution < 1.29 is 8.42 Å². The quantitative estimate of drug-likeness (QED) is 0.832. The first kappa shape index (κ1) is 17.6. The van der Waals surface area contributed by atoms with Crippen LogP contribution in [0.1, 0.15) is 47.3 Å². The number of thiophene rings is 1. The summed E-state index contributed by atoms with van der Waals surface area (Å²) in [5.74, 6) is 0.0566. The maximum atomic E-state index is 12.6. The van der Waals surface area contributed by atoms with E-state index in [1.165, 1.54) is 17.7 Å². The largest absolute Gasteiger partial charge is 0.215 e. The first-order chi connectivity index (χ1) is 11.4. The van der Waals surface area contributed by atoms with Crippen LogP contribution < -0.4 is 4.72 Å². The van der Waals surface area contributed by atoms with Gasteiger partial charge >= 0.3 is 0 Å². The minimum absolute atomic E-state index is 0.0110. The van der Waals surface area contributed by atoms with Crippen molar-refractivity contribution in [3.63, 3.8) is 0 Å². The van der Waals surface area contributed by atoms with E-state index in [4.69, 9.17) is 0 Å². The Kier molecular flexibility index (Phi) is 5.13. The van der Waals surface area contributed by atoms with Crippen molar-refractivity contribution >= 4 is 21.4 Å². The van der Waals surface area contributed by atoms with Crippen molar-refractivity contribution in [2.24, 2.45) is 0 Å². The van der Waals surface area contributed by atoms with Crippen molar-refractivity contribution in [3.05, 3.63) is 57.3 Å². The van der Waals surface area contributed by atoms with Crippen LogP contribution >= 0.6 is 11.3 Å². The zero-order valence-electron chi connectivity index (χ0n) is 14.3. The summed E-state index contributed by atoms with van der Waals surface area (Å²) >= 11 is 1.74. The third-order valence-electron chi connectivity index (χ3n) is 5.09. The molecule has 1 saturated carbocycles. The average Bonchev–Trinajstić information content (AvgIpc) is 3.20. The monoisotopic (exact) mass is 363 g/mol. The van der Waals surface area contributed by atoms with Crippen LogP contribution in [0.15, 0.2) is 35.7 Å². The van der Waals surface area contributed by atoms with Gasteiger partial charge in [-0.1, -0.05) is 42.7 Å². The Morgan fingerprint density at radius 2 is 1.92 bits per heavy atom. The summed E-state index contributed by atoms with van der Waals surface area (Å²) in [5, 5.41) is 2.08. The molecule has 1 aliphatic carbocycles. The Balaban J connectivity index is 1.73. The summed E-state index contributed by atoms with van der Waals surface area (Å²) in [5.41, 5.74) is 3.00. The number of hydrogen-bond donors (Lipinski definition) is 1. The molecule has 130 valence electrons. The lowest BCUT2D eigenvalue weighted by atomic mass is 9.85. The van der Waals surface area contributed by atoms with Crippen molar-refractivity contribution in [2.45, 2.75) is 50.7 Å². The van der Waals surface area contributed by atoms with E-state index in [-0.39, 0.29) is 11.2 Å². The second-order valence-electron chi connectivity index (χ2n) is 6.97. The highest BCUT2D eigenvalue weighted by molar-refractivity contribution is 7.88. The Hall–Kier alpha value is -1.17. The summed E-state index contributed by atoms with van der Waals surface area (Å²) in [6, 6.07) is 10.2. The van der Waals surface area contributed by atoms with Gasteiger partial charge in [0.1, 0.15) is 0 Å². The SMILES string of the molecule is Cc1ccc(C)c(CS(=O)(=O)NCC2(c3cccs3)CCCC2)c1. The van der Waals surface area contributed by atoms with Gasteiger partial charge in [-0.2, -0.15) is 0 Å². The van der Waals surface area contributed by atoms with Gasteiger partial charge in [0.2, 0.25) is 10.0 Å². The van der Waals surface area contributed by atoms with Crippen LogP contribution in [0.4, 0.5) is 0 Å². The van der Waals surface area contributed by atoms with Crippen LogP contribution in [0.5, 0.6) is 0 Å². The first-order valence-electron chi connectivity index (χ1n) is 8.48. The molecule has 1 aromatic carbocycles. The van der Waals surface area contributed by atoms with Crippen LogP contribution in [0.3, 0.4) is 0 Å². The van der Waals surface area contributed by atoms with Crippen LogP contribution in [0.25, 0.3) is 0 Å². The second kappa shape index (κ2) is 6.98. The fraction of sp³-hybridized carbons (Fsp3) is 0.474. The van der Waals surface area contributed by atoms with Gasteiger partial charge in [0.15, 0.2) is 0 Å². The molecule has 3 nitrogen and oxygen atoms in total. The number of sulfonamides is 1. The number of benzene rings is 1. The molecule has 0 atom stereocenters. The summed E-state index contributed by atoms with van der Waals surface area (Å²) < 4.78 is 28.2. The summed E-state index contributed by atoms with van der Waals surface area (Å²) in [6.45, 7) is 4.47. The third kappa shape index (κ3) is 3.90. The van der Waals surface area contributed by atoms with Crippen LogP contribution in [-0.4, -0.2) is 15.0 Å². The van der Waals surface area contributed by atoms with Gasteiger partial charge in [-0.25, -0.2) is 13.1 Å². The molecule has 1 N–H and O–H groups in total. The van der Waals surface area contributed by atoms with Gasteiger partial charge in [0.05, 0.1) is 5.75 Å². The maximum Gasteiger partial charge on any atom is 0.215 e. The molecule has 1 aliphatic rings. The fourth-order valence-corrected chi connectivity index (χ4v) is 5.91. The molecule has 1 aromatic heterocycles. The molecule has 5 heteroatoms. The van der Waals surface area contributed by atoms with Gasteiger partial charge in [0, 0.05) is 16.8 Å². The molecule has 24 heavy (non-hydrogen) atoms. The predicted octanol–water partition coefficient (Wildman–Crippen LogP) is 4.30. The van der Waals surface area contributed by atoms with Crippen LogP contribution in [0.2, 0.25) is 0 Å². The topological polar surface area (TPSA) is 46.2 Å². The lowest BCUT2D eigenvalue weighted by molar-refractivity contribution is 0.440. The van der Waals surface area contributed by atoms with E-state index in [1.807, 2.05) is 32.0 Å². The summed E-state index contributed by atoms with van der Waals surface area (Å²) in [7, 11) is -3.34. The van der Waals surface area contributed by atoms with Gasteiger partial charge in [0.25, 0.3) is 0 Å².